The van der Waals surface area contributed by atoms with E-state index in [0.29, 0.717) is 18.1 Å². The minimum absolute atomic E-state index is 0.00843. The molecule has 0 fully saturated rings. The van der Waals surface area contributed by atoms with Crippen LogP contribution in [0.4, 0.5) is 0 Å². The Hall–Kier alpha value is -1.03. The zero-order chi connectivity index (χ0) is 12.0. The van der Waals surface area contributed by atoms with E-state index in [1.54, 1.807) is 28.9 Å². The Morgan fingerprint density at radius 2 is 2.31 bits per heavy atom. The van der Waals surface area contributed by atoms with Gasteiger partial charge in [0.05, 0.1) is 0 Å². The molecule has 0 saturated carbocycles. The third kappa shape index (κ3) is 3.23. The molecule has 1 amide bonds. The lowest BCUT2D eigenvalue weighted by Gasteiger charge is -2.21. The molecule has 0 atom stereocenters. The number of rotatable bonds is 6. The van der Waals surface area contributed by atoms with Crippen molar-refractivity contribution in [3.8, 4) is 0 Å². The van der Waals surface area contributed by atoms with Crippen LogP contribution in [-0.2, 0) is 7.05 Å². The molecule has 1 heterocycles. The SMILES string of the molecule is CCCCN(CCCl)C(=O)c1ccnn1C. The number of aryl methyl sites for hydroxylation is 1. The Morgan fingerprint density at radius 3 is 2.81 bits per heavy atom. The number of carbonyl (C=O) groups excluding carboxylic acids is 1. The molecule has 0 radical (unpaired) electrons. The summed E-state index contributed by atoms with van der Waals surface area (Å²) in [4.78, 5) is 13.9. The van der Waals surface area contributed by atoms with E-state index in [1.165, 1.54) is 0 Å². The van der Waals surface area contributed by atoms with E-state index in [2.05, 4.69) is 12.0 Å². The number of nitrogens with zero attached hydrogens (tertiary/aromatic N) is 3. The highest BCUT2D eigenvalue weighted by atomic mass is 35.5. The minimum atomic E-state index is 0.00843. The van der Waals surface area contributed by atoms with Gasteiger partial charge in [0.15, 0.2) is 0 Å². The molecule has 0 spiro atoms. The number of aromatic nitrogens is 2. The predicted molar refractivity (Wildman–Crippen MR) is 64.7 cm³/mol. The topological polar surface area (TPSA) is 38.1 Å². The van der Waals surface area contributed by atoms with Crippen molar-refractivity contribution in [3.63, 3.8) is 0 Å². The summed E-state index contributed by atoms with van der Waals surface area (Å²) in [7, 11) is 1.77. The largest absolute Gasteiger partial charge is 0.336 e. The van der Waals surface area contributed by atoms with E-state index in [4.69, 9.17) is 11.6 Å². The maximum Gasteiger partial charge on any atom is 0.272 e. The number of hydrogen-bond acceptors (Lipinski definition) is 2. The Kier molecular flexibility index (Phi) is 5.32. The average molecular weight is 244 g/mol. The standard InChI is InChI=1S/C11H18ClN3O/c1-3-4-8-15(9-6-12)11(16)10-5-7-13-14(10)2/h5,7H,3-4,6,8-9H2,1-2H3. The molecule has 0 bridgehead atoms. The van der Waals surface area contributed by atoms with Crippen molar-refractivity contribution in [2.75, 3.05) is 19.0 Å². The van der Waals surface area contributed by atoms with Gasteiger partial charge in [-0.15, -0.1) is 11.6 Å². The molecule has 0 aliphatic carbocycles. The summed E-state index contributed by atoms with van der Waals surface area (Å²) in [6, 6.07) is 1.73. The molecule has 90 valence electrons. The van der Waals surface area contributed by atoms with Gasteiger partial charge in [-0.05, 0) is 12.5 Å². The Balaban J connectivity index is 2.70. The highest BCUT2D eigenvalue weighted by Gasteiger charge is 2.17. The summed E-state index contributed by atoms with van der Waals surface area (Å²) in [5.74, 6) is 0.474. The second-order valence-electron chi connectivity index (χ2n) is 3.67. The molecule has 16 heavy (non-hydrogen) atoms. The Morgan fingerprint density at radius 1 is 1.56 bits per heavy atom. The summed E-state index contributed by atoms with van der Waals surface area (Å²) in [6.45, 7) is 3.45. The molecule has 0 N–H and O–H groups in total. The van der Waals surface area contributed by atoms with Gasteiger partial charge in [0, 0.05) is 32.2 Å². The molecular formula is C11H18ClN3O. The smallest absolute Gasteiger partial charge is 0.272 e. The van der Waals surface area contributed by atoms with E-state index in [0.717, 1.165) is 19.4 Å². The maximum absolute atomic E-state index is 12.1. The molecule has 0 aliphatic heterocycles. The highest BCUT2D eigenvalue weighted by Crippen LogP contribution is 2.05. The predicted octanol–water partition coefficient (Wildman–Crippen LogP) is 1.90. The van der Waals surface area contributed by atoms with Crippen molar-refractivity contribution in [3.05, 3.63) is 18.0 Å². The summed E-state index contributed by atoms with van der Waals surface area (Å²) in [5, 5.41) is 4.00. The number of amides is 1. The van der Waals surface area contributed by atoms with E-state index in [-0.39, 0.29) is 5.91 Å². The van der Waals surface area contributed by atoms with Crippen molar-refractivity contribution >= 4 is 17.5 Å². The lowest BCUT2D eigenvalue weighted by molar-refractivity contribution is 0.0752. The fourth-order valence-corrected chi connectivity index (χ4v) is 1.72. The van der Waals surface area contributed by atoms with Crippen LogP contribution >= 0.6 is 11.6 Å². The number of halogens is 1. The maximum atomic E-state index is 12.1. The normalized spacial score (nSPS) is 10.4. The molecule has 5 heteroatoms. The second kappa shape index (κ2) is 6.53. The number of alkyl halides is 1. The van der Waals surface area contributed by atoms with E-state index in [1.807, 2.05) is 0 Å². The molecular weight excluding hydrogens is 226 g/mol. The Bertz CT molecular complexity index is 338. The van der Waals surface area contributed by atoms with Crippen molar-refractivity contribution in [2.24, 2.45) is 7.05 Å². The highest BCUT2D eigenvalue weighted by molar-refractivity contribution is 6.18. The van der Waals surface area contributed by atoms with Crippen LogP contribution < -0.4 is 0 Å². The van der Waals surface area contributed by atoms with E-state index >= 15 is 0 Å². The van der Waals surface area contributed by atoms with Gasteiger partial charge in [-0.1, -0.05) is 13.3 Å². The quantitative estimate of drug-likeness (QED) is 0.716. The summed E-state index contributed by atoms with van der Waals surface area (Å²) >= 11 is 5.70. The van der Waals surface area contributed by atoms with Gasteiger partial charge in [-0.3, -0.25) is 9.48 Å². The van der Waals surface area contributed by atoms with Crippen LogP contribution in [0.2, 0.25) is 0 Å². The van der Waals surface area contributed by atoms with E-state index < -0.39 is 0 Å². The minimum Gasteiger partial charge on any atom is -0.336 e. The Labute approximate surface area is 101 Å². The van der Waals surface area contributed by atoms with Crippen LogP contribution in [0.5, 0.6) is 0 Å². The molecule has 1 aromatic heterocycles. The number of unbranched alkanes of at least 4 members (excludes halogenated alkanes) is 1. The van der Waals surface area contributed by atoms with Gasteiger partial charge < -0.3 is 4.90 Å². The van der Waals surface area contributed by atoms with Crippen molar-refractivity contribution < 1.29 is 4.79 Å². The first kappa shape index (κ1) is 13.0. The van der Waals surface area contributed by atoms with Crippen molar-refractivity contribution in [1.82, 2.24) is 14.7 Å². The lowest BCUT2D eigenvalue weighted by Crippen LogP contribution is -2.34. The number of carbonyl (C=O) groups is 1. The van der Waals surface area contributed by atoms with Gasteiger partial charge in [0.2, 0.25) is 0 Å². The van der Waals surface area contributed by atoms with Gasteiger partial charge in [-0.2, -0.15) is 5.10 Å². The van der Waals surface area contributed by atoms with Crippen LogP contribution in [-0.4, -0.2) is 39.6 Å². The first-order chi connectivity index (χ1) is 7.70. The van der Waals surface area contributed by atoms with Crippen LogP contribution in [0.1, 0.15) is 30.3 Å². The molecule has 0 aromatic carbocycles. The molecule has 0 unspecified atom stereocenters. The van der Waals surface area contributed by atoms with Gasteiger partial charge in [-0.25, -0.2) is 0 Å². The third-order valence-electron chi connectivity index (χ3n) is 2.46. The summed E-state index contributed by atoms with van der Waals surface area (Å²) < 4.78 is 1.59. The van der Waals surface area contributed by atoms with E-state index in [9.17, 15) is 4.79 Å². The van der Waals surface area contributed by atoms with Crippen LogP contribution in [0, 0.1) is 0 Å². The fraction of sp³-hybridized carbons (Fsp3) is 0.636. The van der Waals surface area contributed by atoms with Crippen LogP contribution in [0.25, 0.3) is 0 Å². The van der Waals surface area contributed by atoms with Crippen LogP contribution in [0.15, 0.2) is 12.3 Å². The molecule has 0 saturated heterocycles. The number of hydrogen-bond donors (Lipinski definition) is 0. The molecule has 0 aliphatic rings. The van der Waals surface area contributed by atoms with Gasteiger partial charge >= 0.3 is 0 Å². The third-order valence-corrected chi connectivity index (χ3v) is 2.63. The fourth-order valence-electron chi connectivity index (χ4n) is 1.51. The van der Waals surface area contributed by atoms with Crippen molar-refractivity contribution in [2.45, 2.75) is 19.8 Å². The zero-order valence-corrected chi connectivity index (χ0v) is 10.6. The lowest BCUT2D eigenvalue weighted by atomic mass is 10.3. The first-order valence-electron chi connectivity index (χ1n) is 5.54. The summed E-state index contributed by atoms with van der Waals surface area (Å²) in [6.07, 6.45) is 3.70. The molecule has 4 nitrogen and oxygen atoms in total. The first-order valence-corrected chi connectivity index (χ1v) is 6.07. The van der Waals surface area contributed by atoms with Crippen molar-refractivity contribution in [1.29, 1.82) is 0 Å². The zero-order valence-electron chi connectivity index (χ0n) is 9.82. The molecule has 1 rings (SSSR count). The summed E-state index contributed by atoms with van der Waals surface area (Å²) in [5.41, 5.74) is 0.612. The molecule has 1 aromatic rings. The van der Waals surface area contributed by atoms with Crippen LogP contribution in [0.3, 0.4) is 0 Å². The monoisotopic (exact) mass is 243 g/mol. The van der Waals surface area contributed by atoms with Gasteiger partial charge in [0.1, 0.15) is 5.69 Å². The van der Waals surface area contributed by atoms with Gasteiger partial charge in [0.25, 0.3) is 5.91 Å². The average Bonchev–Trinajstić information content (AvgIpc) is 2.69. The second-order valence-corrected chi connectivity index (χ2v) is 4.05.